The Morgan fingerprint density at radius 1 is 1.41 bits per heavy atom. The molecule has 1 aliphatic rings. The summed E-state index contributed by atoms with van der Waals surface area (Å²) < 4.78 is 0. The molecule has 112 valence electrons. The monoisotopic (exact) mass is 311 g/mol. The Morgan fingerprint density at radius 3 is 2.82 bits per heavy atom. The van der Waals surface area contributed by atoms with Crippen molar-refractivity contribution in [1.29, 1.82) is 5.26 Å². The van der Waals surface area contributed by atoms with Crippen molar-refractivity contribution >= 4 is 17.2 Å². The summed E-state index contributed by atoms with van der Waals surface area (Å²) in [6.07, 6.45) is 1.54. The fourth-order valence-electron chi connectivity index (χ4n) is 2.67. The van der Waals surface area contributed by atoms with E-state index in [4.69, 9.17) is 5.26 Å². The van der Waals surface area contributed by atoms with Crippen molar-refractivity contribution in [2.45, 2.75) is 19.8 Å². The van der Waals surface area contributed by atoms with Gasteiger partial charge in [0.2, 0.25) is 0 Å². The van der Waals surface area contributed by atoms with Gasteiger partial charge in [-0.2, -0.15) is 5.26 Å². The summed E-state index contributed by atoms with van der Waals surface area (Å²) in [6.45, 7) is 3.30. The molecule has 0 bridgehead atoms. The predicted molar refractivity (Wildman–Crippen MR) is 86.5 cm³/mol. The highest BCUT2D eigenvalue weighted by Gasteiger charge is 2.23. The van der Waals surface area contributed by atoms with Crippen LogP contribution in [0.2, 0.25) is 0 Å². The fraction of sp³-hybridized carbons (Fsp3) is 0.353. The maximum atomic E-state index is 12.6. The van der Waals surface area contributed by atoms with E-state index < -0.39 is 0 Å². The van der Waals surface area contributed by atoms with Crippen molar-refractivity contribution in [2.75, 3.05) is 13.1 Å². The number of thiazole rings is 1. The van der Waals surface area contributed by atoms with E-state index in [1.54, 1.807) is 11.3 Å². The molecule has 0 aliphatic carbocycles. The maximum Gasteiger partial charge on any atom is 0.253 e. The molecular weight excluding hydrogens is 294 g/mol. The van der Waals surface area contributed by atoms with E-state index in [1.165, 1.54) is 0 Å². The van der Waals surface area contributed by atoms with Gasteiger partial charge in [-0.15, -0.1) is 11.3 Å². The van der Waals surface area contributed by atoms with Crippen LogP contribution >= 0.6 is 11.3 Å². The summed E-state index contributed by atoms with van der Waals surface area (Å²) in [7, 11) is 0. The second-order valence-corrected chi connectivity index (χ2v) is 6.43. The molecule has 2 heterocycles. The van der Waals surface area contributed by atoms with Crippen LogP contribution in [0.1, 0.15) is 28.9 Å². The Hall–Kier alpha value is -2.19. The molecule has 22 heavy (non-hydrogen) atoms. The fourth-order valence-corrected chi connectivity index (χ4v) is 3.46. The molecule has 0 N–H and O–H groups in total. The van der Waals surface area contributed by atoms with E-state index in [2.05, 4.69) is 11.1 Å². The van der Waals surface area contributed by atoms with E-state index in [-0.39, 0.29) is 11.8 Å². The lowest BCUT2D eigenvalue weighted by atomic mass is 9.98. The SMILES string of the molecule is Cc1csc(-c2cccc(C(=O)N3CCC(C#N)CC3)c2)n1. The molecule has 0 spiro atoms. The van der Waals surface area contributed by atoms with Crippen LogP contribution in [0.4, 0.5) is 0 Å². The number of rotatable bonds is 2. The normalized spacial score (nSPS) is 15.5. The van der Waals surface area contributed by atoms with Gasteiger partial charge in [-0.3, -0.25) is 4.79 Å². The van der Waals surface area contributed by atoms with Gasteiger partial charge in [-0.05, 0) is 31.9 Å². The summed E-state index contributed by atoms with van der Waals surface area (Å²) in [4.78, 5) is 18.9. The number of benzene rings is 1. The number of aromatic nitrogens is 1. The van der Waals surface area contributed by atoms with E-state index in [0.717, 1.165) is 29.1 Å². The van der Waals surface area contributed by atoms with Gasteiger partial charge in [-0.25, -0.2) is 4.98 Å². The topological polar surface area (TPSA) is 57.0 Å². The summed E-state index contributed by atoms with van der Waals surface area (Å²) >= 11 is 1.59. The zero-order chi connectivity index (χ0) is 15.5. The van der Waals surface area contributed by atoms with Gasteiger partial charge in [-0.1, -0.05) is 12.1 Å². The first kappa shape index (κ1) is 14.7. The number of hydrogen-bond donors (Lipinski definition) is 0. The molecule has 0 unspecified atom stereocenters. The van der Waals surface area contributed by atoms with Gasteiger partial charge < -0.3 is 4.90 Å². The standard InChI is InChI=1S/C17H17N3OS/c1-12-11-22-16(19-12)14-3-2-4-15(9-14)17(21)20-7-5-13(10-18)6-8-20/h2-4,9,11,13H,5-8H2,1H3. The molecule has 1 aromatic heterocycles. The summed E-state index contributed by atoms with van der Waals surface area (Å²) in [6, 6.07) is 9.94. The van der Waals surface area contributed by atoms with E-state index >= 15 is 0 Å². The highest BCUT2D eigenvalue weighted by molar-refractivity contribution is 7.13. The number of nitriles is 1. The van der Waals surface area contributed by atoms with Crippen LogP contribution in [0.25, 0.3) is 10.6 Å². The van der Waals surface area contributed by atoms with Crippen LogP contribution in [-0.4, -0.2) is 28.9 Å². The largest absolute Gasteiger partial charge is 0.339 e. The lowest BCUT2D eigenvalue weighted by Crippen LogP contribution is -2.38. The molecule has 0 saturated carbocycles. The quantitative estimate of drug-likeness (QED) is 0.853. The lowest BCUT2D eigenvalue weighted by Gasteiger charge is -2.29. The van der Waals surface area contributed by atoms with Gasteiger partial charge in [0, 0.05) is 41.2 Å². The second kappa shape index (κ2) is 6.29. The van der Waals surface area contributed by atoms with E-state index in [9.17, 15) is 4.79 Å². The van der Waals surface area contributed by atoms with Gasteiger partial charge in [0.15, 0.2) is 0 Å². The van der Waals surface area contributed by atoms with Crippen LogP contribution in [-0.2, 0) is 0 Å². The third kappa shape index (κ3) is 3.02. The number of nitrogens with zero attached hydrogens (tertiary/aromatic N) is 3. The van der Waals surface area contributed by atoms with Crippen molar-refractivity contribution in [3.05, 3.63) is 40.9 Å². The minimum Gasteiger partial charge on any atom is -0.339 e. The molecule has 1 fully saturated rings. The van der Waals surface area contributed by atoms with Crippen molar-refractivity contribution < 1.29 is 4.79 Å². The number of likely N-dealkylation sites (tertiary alicyclic amines) is 1. The molecule has 0 atom stereocenters. The van der Waals surface area contributed by atoms with Gasteiger partial charge in [0.05, 0.1) is 6.07 Å². The molecule has 3 rings (SSSR count). The molecule has 1 aliphatic heterocycles. The number of hydrogen-bond acceptors (Lipinski definition) is 4. The van der Waals surface area contributed by atoms with Gasteiger partial charge in [0.1, 0.15) is 5.01 Å². The minimum absolute atomic E-state index is 0.0477. The van der Waals surface area contributed by atoms with Crippen LogP contribution in [0.3, 0.4) is 0 Å². The average Bonchev–Trinajstić information content (AvgIpc) is 3.01. The Kier molecular flexibility index (Phi) is 4.21. The first-order chi connectivity index (χ1) is 10.7. The smallest absolute Gasteiger partial charge is 0.253 e. The van der Waals surface area contributed by atoms with Crippen LogP contribution in [0.15, 0.2) is 29.6 Å². The predicted octanol–water partition coefficient (Wildman–Crippen LogP) is 3.49. The van der Waals surface area contributed by atoms with Crippen molar-refractivity contribution in [3.8, 4) is 16.6 Å². The second-order valence-electron chi connectivity index (χ2n) is 5.57. The highest BCUT2D eigenvalue weighted by Crippen LogP contribution is 2.25. The molecule has 4 nitrogen and oxygen atoms in total. The maximum absolute atomic E-state index is 12.6. The molecule has 5 heteroatoms. The van der Waals surface area contributed by atoms with Crippen LogP contribution in [0.5, 0.6) is 0 Å². The van der Waals surface area contributed by atoms with E-state index in [0.29, 0.717) is 18.7 Å². The number of aryl methyl sites for hydroxylation is 1. The molecule has 0 radical (unpaired) electrons. The molecule has 1 aromatic carbocycles. The molecule has 1 amide bonds. The summed E-state index contributed by atoms with van der Waals surface area (Å²) in [5.41, 5.74) is 2.67. The van der Waals surface area contributed by atoms with Crippen molar-refractivity contribution in [3.63, 3.8) is 0 Å². The van der Waals surface area contributed by atoms with E-state index in [1.807, 2.05) is 41.5 Å². The third-order valence-electron chi connectivity index (χ3n) is 3.94. The lowest BCUT2D eigenvalue weighted by molar-refractivity contribution is 0.0707. The van der Waals surface area contributed by atoms with Crippen molar-refractivity contribution in [1.82, 2.24) is 9.88 Å². The third-order valence-corrected chi connectivity index (χ3v) is 4.95. The van der Waals surface area contributed by atoms with Crippen LogP contribution < -0.4 is 0 Å². The number of carbonyl (C=O) groups excluding carboxylic acids is 1. The highest BCUT2D eigenvalue weighted by atomic mass is 32.1. The Labute approximate surface area is 134 Å². The average molecular weight is 311 g/mol. The Bertz CT molecular complexity index is 724. The number of amides is 1. The number of carbonyl (C=O) groups is 1. The Morgan fingerprint density at radius 2 is 2.18 bits per heavy atom. The summed E-state index contributed by atoms with van der Waals surface area (Å²) in [5, 5.41) is 11.9. The zero-order valence-electron chi connectivity index (χ0n) is 12.5. The van der Waals surface area contributed by atoms with Gasteiger partial charge in [0.25, 0.3) is 5.91 Å². The zero-order valence-corrected chi connectivity index (χ0v) is 13.3. The molecular formula is C17H17N3OS. The Balaban J connectivity index is 1.78. The van der Waals surface area contributed by atoms with Gasteiger partial charge >= 0.3 is 0 Å². The first-order valence-electron chi connectivity index (χ1n) is 7.39. The molecule has 2 aromatic rings. The molecule has 1 saturated heterocycles. The minimum atomic E-state index is 0.0477. The van der Waals surface area contributed by atoms with Crippen molar-refractivity contribution in [2.24, 2.45) is 5.92 Å². The first-order valence-corrected chi connectivity index (χ1v) is 8.27. The summed E-state index contributed by atoms with van der Waals surface area (Å²) in [5.74, 6) is 0.139. The number of piperidine rings is 1. The van der Waals surface area contributed by atoms with Crippen LogP contribution in [0, 0.1) is 24.2 Å².